The van der Waals surface area contributed by atoms with Crippen LogP contribution in [-0.4, -0.2) is 28.4 Å². The summed E-state index contributed by atoms with van der Waals surface area (Å²) in [5, 5.41) is 15.9. The summed E-state index contributed by atoms with van der Waals surface area (Å²) in [5.74, 6) is 5.35. The summed E-state index contributed by atoms with van der Waals surface area (Å²) in [6.07, 6.45) is 2.82. The van der Waals surface area contributed by atoms with Gasteiger partial charge in [0.05, 0.1) is 23.4 Å². The summed E-state index contributed by atoms with van der Waals surface area (Å²) in [7, 11) is 0. The van der Waals surface area contributed by atoms with Crippen LogP contribution in [0.1, 0.15) is 55.8 Å². The first-order valence-electron chi connectivity index (χ1n) is 10.4. The maximum atomic E-state index is 15.5. The van der Waals surface area contributed by atoms with E-state index in [1.807, 2.05) is 6.92 Å². The molecule has 30 heavy (non-hydrogen) atoms. The molecule has 1 saturated heterocycles. The highest BCUT2D eigenvalue weighted by atomic mass is 19.1. The highest BCUT2D eigenvalue weighted by molar-refractivity contribution is 5.83. The summed E-state index contributed by atoms with van der Waals surface area (Å²) < 4.78 is 17.6. The van der Waals surface area contributed by atoms with Gasteiger partial charge in [0.2, 0.25) is 0 Å². The van der Waals surface area contributed by atoms with Crippen molar-refractivity contribution in [3.8, 4) is 6.07 Å². The largest absolute Gasteiger partial charge is 0.350 e. The fourth-order valence-corrected chi connectivity index (χ4v) is 4.66. The summed E-state index contributed by atoms with van der Waals surface area (Å²) >= 11 is 0. The standard InChI is InChI=1S/C21H27FN6O2/c1-11(5-7-23)26-18(13-6-8-25-10-13)17-12(2)19-15(9-16(17)22)20(29)28(24)21(30)27(19)14-3-4-14/h9,11,13-14,18,25-26H,3-6,8,10,24H2,1-2H3. The average Bonchev–Trinajstić information content (AvgIpc) is 3.39. The van der Waals surface area contributed by atoms with Crippen molar-refractivity contribution >= 4 is 10.9 Å². The van der Waals surface area contributed by atoms with E-state index in [0.29, 0.717) is 27.7 Å². The lowest BCUT2D eigenvalue weighted by Crippen LogP contribution is -2.45. The Balaban J connectivity index is 1.96. The van der Waals surface area contributed by atoms with Crippen LogP contribution in [0.4, 0.5) is 4.39 Å². The van der Waals surface area contributed by atoms with Crippen LogP contribution >= 0.6 is 0 Å². The molecule has 8 nitrogen and oxygen atoms in total. The van der Waals surface area contributed by atoms with Gasteiger partial charge < -0.3 is 16.5 Å². The maximum Gasteiger partial charge on any atom is 0.350 e. The maximum absolute atomic E-state index is 15.5. The second kappa shape index (κ2) is 7.85. The quantitative estimate of drug-likeness (QED) is 0.612. The van der Waals surface area contributed by atoms with Crippen molar-refractivity contribution in [1.29, 1.82) is 5.26 Å². The number of nitrogens with one attached hydrogen (secondary N) is 2. The van der Waals surface area contributed by atoms with Crippen LogP contribution in [-0.2, 0) is 0 Å². The van der Waals surface area contributed by atoms with E-state index in [9.17, 15) is 9.59 Å². The predicted octanol–water partition coefficient (Wildman–Crippen LogP) is 1.20. The minimum Gasteiger partial charge on any atom is -0.332 e. The molecular formula is C21H27FN6O2. The molecule has 2 aliphatic rings. The first-order chi connectivity index (χ1) is 14.3. The Bertz CT molecular complexity index is 1140. The summed E-state index contributed by atoms with van der Waals surface area (Å²) in [6, 6.07) is 2.88. The van der Waals surface area contributed by atoms with E-state index >= 15 is 4.39 Å². The Morgan fingerprint density at radius 2 is 2.13 bits per heavy atom. The topological polar surface area (TPSA) is 118 Å². The molecule has 4 rings (SSSR count). The molecule has 1 aromatic carbocycles. The lowest BCUT2D eigenvalue weighted by Gasteiger charge is -2.30. The molecule has 0 radical (unpaired) electrons. The van der Waals surface area contributed by atoms with E-state index in [1.165, 1.54) is 6.07 Å². The number of hydrogen-bond acceptors (Lipinski definition) is 6. The van der Waals surface area contributed by atoms with E-state index in [2.05, 4.69) is 16.7 Å². The minimum absolute atomic E-state index is 0.0236. The molecule has 1 aromatic heterocycles. The van der Waals surface area contributed by atoms with Gasteiger partial charge >= 0.3 is 5.69 Å². The van der Waals surface area contributed by atoms with Crippen molar-refractivity contribution < 1.29 is 4.39 Å². The molecule has 3 atom stereocenters. The molecule has 0 spiro atoms. The smallest absolute Gasteiger partial charge is 0.332 e. The van der Waals surface area contributed by atoms with Crippen LogP contribution in [0.2, 0.25) is 0 Å². The third-order valence-corrected chi connectivity index (χ3v) is 6.30. The number of aryl methyl sites for hydroxylation is 1. The van der Waals surface area contributed by atoms with Crippen molar-refractivity contribution in [1.82, 2.24) is 19.9 Å². The first kappa shape index (κ1) is 20.6. The molecule has 9 heteroatoms. The molecule has 1 aliphatic carbocycles. The molecule has 2 heterocycles. The van der Waals surface area contributed by atoms with Crippen LogP contribution in [0.15, 0.2) is 15.7 Å². The Hall–Kier alpha value is -2.70. The number of halogens is 1. The Labute approximate surface area is 173 Å². The molecular weight excluding hydrogens is 387 g/mol. The summed E-state index contributed by atoms with van der Waals surface area (Å²) in [5.41, 5.74) is 0.256. The molecule has 3 unspecified atom stereocenters. The van der Waals surface area contributed by atoms with E-state index in [4.69, 9.17) is 11.1 Å². The van der Waals surface area contributed by atoms with Crippen LogP contribution in [0, 0.1) is 30.0 Å². The molecule has 0 amide bonds. The van der Waals surface area contributed by atoms with Gasteiger partial charge in [-0.2, -0.15) is 9.94 Å². The number of nitriles is 1. The van der Waals surface area contributed by atoms with E-state index < -0.39 is 17.1 Å². The van der Waals surface area contributed by atoms with Gasteiger partial charge in [0, 0.05) is 23.7 Å². The molecule has 160 valence electrons. The number of fused-ring (bicyclic) bond motifs is 1. The van der Waals surface area contributed by atoms with Gasteiger partial charge in [-0.05, 0) is 63.7 Å². The zero-order valence-corrected chi connectivity index (χ0v) is 17.2. The van der Waals surface area contributed by atoms with Crippen molar-refractivity contribution in [2.24, 2.45) is 5.92 Å². The van der Waals surface area contributed by atoms with Crippen molar-refractivity contribution in [2.45, 2.75) is 57.7 Å². The minimum atomic E-state index is -0.689. The van der Waals surface area contributed by atoms with Crippen LogP contribution in [0.5, 0.6) is 0 Å². The lowest BCUT2D eigenvalue weighted by molar-refractivity contribution is 0.341. The Morgan fingerprint density at radius 1 is 1.40 bits per heavy atom. The molecule has 2 aromatic rings. The monoisotopic (exact) mass is 414 g/mol. The fourth-order valence-electron chi connectivity index (χ4n) is 4.66. The number of hydrogen-bond donors (Lipinski definition) is 3. The molecule has 1 aliphatic heterocycles. The molecule has 4 N–H and O–H groups in total. The van der Waals surface area contributed by atoms with Crippen molar-refractivity contribution in [3.05, 3.63) is 43.8 Å². The number of nitrogens with zero attached hydrogens (tertiary/aromatic N) is 3. The van der Waals surface area contributed by atoms with Gasteiger partial charge in [0.15, 0.2) is 0 Å². The molecule has 0 bridgehead atoms. The highest BCUT2D eigenvalue weighted by Crippen LogP contribution is 2.39. The number of nitrogen functional groups attached to an aromatic ring is 1. The Kier molecular flexibility index (Phi) is 5.38. The number of rotatable bonds is 6. The number of aromatic nitrogens is 2. The average molecular weight is 414 g/mol. The van der Waals surface area contributed by atoms with E-state index in [0.717, 1.165) is 32.4 Å². The zero-order valence-electron chi connectivity index (χ0n) is 17.2. The fraction of sp³-hybridized carbons (Fsp3) is 0.571. The van der Waals surface area contributed by atoms with Crippen LogP contribution in [0.25, 0.3) is 10.9 Å². The van der Waals surface area contributed by atoms with Gasteiger partial charge in [0.25, 0.3) is 5.56 Å². The second-order valence-corrected chi connectivity index (χ2v) is 8.51. The second-order valence-electron chi connectivity index (χ2n) is 8.51. The predicted molar refractivity (Wildman–Crippen MR) is 112 cm³/mol. The molecule has 2 fully saturated rings. The highest BCUT2D eigenvalue weighted by Gasteiger charge is 2.34. The van der Waals surface area contributed by atoms with Crippen molar-refractivity contribution in [2.75, 3.05) is 18.9 Å². The lowest BCUT2D eigenvalue weighted by atomic mass is 9.87. The van der Waals surface area contributed by atoms with Crippen LogP contribution in [0.3, 0.4) is 0 Å². The van der Waals surface area contributed by atoms with Gasteiger partial charge in [-0.25, -0.2) is 9.18 Å². The third kappa shape index (κ3) is 3.40. The van der Waals surface area contributed by atoms with Gasteiger partial charge in [-0.1, -0.05) is 0 Å². The van der Waals surface area contributed by atoms with Crippen LogP contribution < -0.4 is 27.7 Å². The first-order valence-corrected chi connectivity index (χ1v) is 10.4. The van der Waals surface area contributed by atoms with E-state index in [-0.39, 0.29) is 29.4 Å². The third-order valence-electron chi connectivity index (χ3n) is 6.30. The normalized spacial score (nSPS) is 20.9. The summed E-state index contributed by atoms with van der Waals surface area (Å²) in [4.78, 5) is 25.4. The zero-order chi connectivity index (χ0) is 21.6. The van der Waals surface area contributed by atoms with Gasteiger partial charge in [-0.3, -0.25) is 9.36 Å². The number of benzene rings is 1. The number of nitrogens with two attached hydrogens (primary N) is 1. The summed E-state index contributed by atoms with van der Waals surface area (Å²) in [6.45, 7) is 5.24. The molecule has 1 saturated carbocycles. The van der Waals surface area contributed by atoms with Gasteiger partial charge in [0.1, 0.15) is 5.82 Å². The SMILES string of the molecule is Cc1c(C(NC(C)CC#N)C2CCNC2)c(F)cc2c(=O)n(N)c(=O)n(C3CC3)c12. The van der Waals surface area contributed by atoms with Gasteiger partial charge in [-0.15, -0.1) is 0 Å². The van der Waals surface area contributed by atoms with E-state index in [1.54, 1.807) is 11.5 Å². The Morgan fingerprint density at radius 3 is 2.73 bits per heavy atom. The van der Waals surface area contributed by atoms with Crippen molar-refractivity contribution in [3.63, 3.8) is 0 Å².